The maximum Gasteiger partial charge on any atom is 0.221 e. The van der Waals surface area contributed by atoms with E-state index in [1.165, 1.54) is 0 Å². The van der Waals surface area contributed by atoms with Crippen LogP contribution in [0.25, 0.3) is 0 Å². The zero-order chi connectivity index (χ0) is 13.8. The van der Waals surface area contributed by atoms with Crippen molar-refractivity contribution in [3.63, 3.8) is 0 Å². The van der Waals surface area contributed by atoms with Gasteiger partial charge >= 0.3 is 0 Å². The molecule has 0 aliphatic carbocycles. The number of nitrogens with zero attached hydrogens (tertiary/aromatic N) is 1. The molecule has 0 unspecified atom stereocenters. The van der Waals surface area contributed by atoms with E-state index in [4.69, 9.17) is 11.6 Å². The van der Waals surface area contributed by atoms with Crippen molar-refractivity contribution in [2.45, 2.75) is 25.8 Å². The number of benzene rings is 1. The van der Waals surface area contributed by atoms with E-state index in [9.17, 15) is 4.79 Å². The van der Waals surface area contributed by atoms with Gasteiger partial charge in [0.05, 0.1) is 5.54 Å². The maximum absolute atomic E-state index is 11.8. The van der Waals surface area contributed by atoms with Gasteiger partial charge in [-0.15, -0.1) is 0 Å². The highest BCUT2D eigenvalue weighted by molar-refractivity contribution is 6.30. The SMILES string of the molecule is CN(C)CCC(=O)NC(C)(C)c1ccc(Cl)cc1. The second-order valence-electron chi connectivity index (χ2n) is 5.23. The molecule has 1 amide bonds. The van der Waals surface area contributed by atoms with Gasteiger partial charge in [-0.05, 0) is 45.6 Å². The Hall–Kier alpha value is -1.06. The number of rotatable bonds is 5. The van der Waals surface area contributed by atoms with Crippen LogP contribution in [0.1, 0.15) is 25.8 Å². The van der Waals surface area contributed by atoms with E-state index in [2.05, 4.69) is 5.32 Å². The van der Waals surface area contributed by atoms with Crippen molar-refractivity contribution >= 4 is 17.5 Å². The third-order valence-electron chi connectivity index (χ3n) is 2.80. The summed E-state index contributed by atoms with van der Waals surface area (Å²) in [5, 5.41) is 3.74. The summed E-state index contributed by atoms with van der Waals surface area (Å²) in [5.41, 5.74) is 0.665. The summed E-state index contributed by atoms with van der Waals surface area (Å²) in [7, 11) is 3.91. The first-order valence-electron chi connectivity index (χ1n) is 6.03. The molecule has 100 valence electrons. The summed E-state index contributed by atoms with van der Waals surface area (Å²) in [5.74, 6) is 0.0589. The summed E-state index contributed by atoms with van der Waals surface area (Å²) in [6, 6.07) is 7.55. The van der Waals surface area contributed by atoms with Gasteiger partial charge in [-0.25, -0.2) is 0 Å². The summed E-state index contributed by atoms with van der Waals surface area (Å²) in [4.78, 5) is 13.8. The first-order valence-corrected chi connectivity index (χ1v) is 6.41. The minimum absolute atomic E-state index is 0.0589. The predicted octanol–water partition coefficient (Wildman–Crippen LogP) is 2.64. The van der Waals surface area contributed by atoms with Crippen molar-refractivity contribution in [3.05, 3.63) is 34.9 Å². The van der Waals surface area contributed by atoms with Gasteiger partial charge < -0.3 is 10.2 Å². The maximum atomic E-state index is 11.8. The third-order valence-corrected chi connectivity index (χ3v) is 3.06. The van der Waals surface area contributed by atoms with Crippen LogP contribution < -0.4 is 5.32 Å². The first-order chi connectivity index (χ1) is 8.31. The molecule has 0 aliphatic rings. The second kappa shape index (κ2) is 6.21. The van der Waals surface area contributed by atoms with Gasteiger partial charge in [-0.2, -0.15) is 0 Å². The lowest BCUT2D eigenvalue weighted by Gasteiger charge is -2.27. The second-order valence-corrected chi connectivity index (χ2v) is 5.67. The molecule has 1 N–H and O–H groups in total. The Morgan fingerprint density at radius 1 is 1.28 bits per heavy atom. The summed E-state index contributed by atoms with van der Waals surface area (Å²) >= 11 is 5.86. The van der Waals surface area contributed by atoms with E-state index in [0.29, 0.717) is 11.4 Å². The van der Waals surface area contributed by atoms with Crippen LogP contribution in [0.15, 0.2) is 24.3 Å². The number of carbonyl (C=O) groups is 1. The minimum atomic E-state index is -0.381. The predicted molar refractivity (Wildman–Crippen MR) is 75.8 cm³/mol. The van der Waals surface area contributed by atoms with Gasteiger partial charge in [0, 0.05) is 18.0 Å². The van der Waals surface area contributed by atoms with E-state index in [1.807, 2.05) is 57.1 Å². The minimum Gasteiger partial charge on any atom is -0.347 e. The third kappa shape index (κ3) is 4.67. The lowest BCUT2D eigenvalue weighted by Crippen LogP contribution is -2.41. The van der Waals surface area contributed by atoms with Crippen molar-refractivity contribution in [3.8, 4) is 0 Å². The van der Waals surface area contributed by atoms with Crippen molar-refractivity contribution < 1.29 is 4.79 Å². The Morgan fingerprint density at radius 2 is 1.83 bits per heavy atom. The highest BCUT2D eigenvalue weighted by Crippen LogP contribution is 2.21. The van der Waals surface area contributed by atoms with Crippen LogP contribution in [0.4, 0.5) is 0 Å². The first kappa shape index (κ1) is 15.0. The Kier molecular flexibility index (Phi) is 5.17. The van der Waals surface area contributed by atoms with Crippen LogP contribution >= 0.6 is 11.6 Å². The van der Waals surface area contributed by atoms with E-state index >= 15 is 0 Å². The summed E-state index contributed by atoms with van der Waals surface area (Å²) in [6.07, 6.45) is 0.504. The largest absolute Gasteiger partial charge is 0.347 e. The molecule has 0 atom stereocenters. The number of hydrogen-bond donors (Lipinski definition) is 1. The standard InChI is InChI=1S/C14H21ClN2O/c1-14(2,11-5-7-12(15)8-6-11)16-13(18)9-10-17(3)4/h5-8H,9-10H2,1-4H3,(H,16,18). The van der Waals surface area contributed by atoms with Crippen molar-refractivity contribution in [1.82, 2.24) is 10.2 Å². The number of amides is 1. The lowest BCUT2D eigenvalue weighted by molar-refractivity contribution is -0.123. The molecule has 0 spiro atoms. The van der Waals surface area contributed by atoms with Crippen molar-refractivity contribution in [2.24, 2.45) is 0 Å². The number of nitrogens with one attached hydrogen (secondary N) is 1. The number of carbonyl (C=O) groups excluding carboxylic acids is 1. The molecule has 3 nitrogen and oxygen atoms in total. The molecule has 4 heteroatoms. The van der Waals surface area contributed by atoms with Gasteiger partial charge in [0.1, 0.15) is 0 Å². The van der Waals surface area contributed by atoms with Crippen molar-refractivity contribution in [1.29, 1.82) is 0 Å². The van der Waals surface area contributed by atoms with E-state index in [0.717, 1.165) is 12.1 Å². The van der Waals surface area contributed by atoms with Crippen LogP contribution in [0, 0.1) is 0 Å². The molecule has 0 aromatic heterocycles. The molecule has 0 aliphatic heterocycles. The quantitative estimate of drug-likeness (QED) is 0.890. The molecule has 0 radical (unpaired) electrons. The van der Waals surface area contributed by atoms with Crippen LogP contribution in [-0.2, 0) is 10.3 Å². The van der Waals surface area contributed by atoms with E-state index in [1.54, 1.807) is 0 Å². The molecule has 0 saturated heterocycles. The molecule has 1 aromatic carbocycles. The zero-order valence-corrected chi connectivity index (χ0v) is 12.2. The fourth-order valence-electron chi connectivity index (χ4n) is 1.67. The Balaban J connectivity index is 2.63. The van der Waals surface area contributed by atoms with Gasteiger partial charge in [0.15, 0.2) is 0 Å². The Labute approximate surface area is 114 Å². The zero-order valence-electron chi connectivity index (χ0n) is 11.5. The van der Waals surface area contributed by atoms with Gasteiger partial charge in [0.25, 0.3) is 0 Å². The van der Waals surface area contributed by atoms with Crippen LogP contribution in [0.3, 0.4) is 0 Å². The van der Waals surface area contributed by atoms with Crippen LogP contribution in [0.2, 0.25) is 5.02 Å². The smallest absolute Gasteiger partial charge is 0.221 e. The monoisotopic (exact) mass is 268 g/mol. The molecule has 1 aromatic rings. The molecule has 0 fully saturated rings. The van der Waals surface area contributed by atoms with Crippen LogP contribution in [0.5, 0.6) is 0 Å². The molecule has 0 saturated carbocycles. The average Bonchev–Trinajstić information content (AvgIpc) is 2.26. The van der Waals surface area contributed by atoms with Gasteiger partial charge in [0.2, 0.25) is 5.91 Å². The molecular formula is C14H21ClN2O. The fourth-order valence-corrected chi connectivity index (χ4v) is 1.80. The molecule has 18 heavy (non-hydrogen) atoms. The highest BCUT2D eigenvalue weighted by Gasteiger charge is 2.22. The van der Waals surface area contributed by atoms with Crippen LogP contribution in [-0.4, -0.2) is 31.4 Å². The van der Waals surface area contributed by atoms with E-state index in [-0.39, 0.29) is 11.4 Å². The van der Waals surface area contributed by atoms with Crippen molar-refractivity contribution in [2.75, 3.05) is 20.6 Å². The van der Waals surface area contributed by atoms with Gasteiger partial charge in [-0.3, -0.25) is 4.79 Å². The topological polar surface area (TPSA) is 32.3 Å². The average molecular weight is 269 g/mol. The molecule has 1 rings (SSSR count). The highest BCUT2D eigenvalue weighted by atomic mass is 35.5. The molecule has 0 bridgehead atoms. The van der Waals surface area contributed by atoms with E-state index < -0.39 is 0 Å². The number of halogens is 1. The Morgan fingerprint density at radius 3 is 2.33 bits per heavy atom. The Bertz CT molecular complexity index is 399. The normalized spacial score (nSPS) is 11.7. The summed E-state index contributed by atoms with van der Waals surface area (Å²) in [6.45, 7) is 4.73. The molecule has 0 heterocycles. The lowest BCUT2D eigenvalue weighted by atomic mass is 9.94. The molecular weight excluding hydrogens is 248 g/mol. The summed E-state index contributed by atoms with van der Waals surface area (Å²) < 4.78 is 0. The van der Waals surface area contributed by atoms with Gasteiger partial charge in [-0.1, -0.05) is 23.7 Å². The fraction of sp³-hybridized carbons (Fsp3) is 0.500. The number of hydrogen-bond acceptors (Lipinski definition) is 2.